The quantitative estimate of drug-likeness (QED) is 0.301. The van der Waals surface area contributed by atoms with Crippen molar-refractivity contribution in [1.82, 2.24) is 10.2 Å². The maximum Gasteiger partial charge on any atom is 0.244 e. The first-order valence-electron chi connectivity index (χ1n) is 12.5. The third-order valence-electron chi connectivity index (χ3n) is 5.88. The fraction of sp³-hybridized carbons (Fsp3) is 0.310. The van der Waals surface area contributed by atoms with Crippen molar-refractivity contribution in [2.24, 2.45) is 0 Å². The number of nitrogens with zero attached hydrogens (tertiary/aromatic N) is 2. The zero-order valence-corrected chi connectivity index (χ0v) is 25.8. The van der Waals surface area contributed by atoms with Crippen molar-refractivity contribution < 1.29 is 18.0 Å². The molecule has 0 saturated heterocycles. The average Bonchev–Trinajstić information content (AvgIpc) is 2.85. The normalized spacial score (nSPS) is 12.5. The zero-order valence-electron chi connectivity index (χ0n) is 22.7. The monoisotopic (exact) mass is 623 g/mol. The second-order valence-electron chi connectivity index (χ2n) is 10.5. The number of anilines is 1. The van der Waals surface area contributed by atoms with Crippen LogP contribution in [0.3, 0.4) is 0 Å². The Hall–Kier alpha value is -2.78. The van der Waals surface area contributed by atoms with Crippen molar-refractivity contribution in [1.29, 1.82) is 0 Å². The van der Waals surface area contributed by atoms with Crippen molar-refractivity contribution in [2.75, 3.05) is 17.1 Å². The van der Waals surface area contributed by atoms with Gasteiger partial charge >= 0.3 is 0 Å². The number of nitrogens with one attached hydrogen (secondary N) is 1. The largest absolute Gasteiger partial charge is 0.350 e. The molecule has 11 heteroatoms. The molecule has 1 unspecified atom stereocenters. The van der Waals surface area contributed by atoms with E-state index in [1.165, 1.54) is 23.1 Å². The molecule has 3 aromatic rings. The summed E-state index contributed by atoms with van der Waals surface area (Å²) < 4.78 is 26.7. The van der Waals surface area contributed by atoms with Gasteiger partial charge in [-0.25, -0.2) is 8.42 Å². The van der Waals surface area contributed by atoms with Gasteiger partial charge in [-0.15, -0.1) is 0 Å². The summed E-state index contributed by atoms with van der Waals surface area (Å²) in [5.74, 6) is -0.950. The Morgan fingerprint density at radius 3 is 2.10 bits per heavy atom. The molecule has 3 aromatic carbocycles. The van der Waals surface area contributed by atoms with Gasteiger partial charge in [-0.2, -0.15) is 0 Å². The van der Waals surface area contributed by atoms with E-state index < -0.39 is 34.1 Å². The number of hydrogen-bond acceptors (Lipinski definition) is 4. The lowest BCUT2D eigenvalue weighted by atomic mass is 10.0. The van der Waals surface area contributed by atoms with Crippen LogP contribution in [0.15, 0.2) is 72.8 Å². The van der Waals surface area contributed by atoms with Gasteiger partial charge in [0.05, 0.1) is 22.0 Å². The molecule has 0 aliphatic carbocycles. The molecule has 0 radical (unpaired) electrons. The van der Waals surface area contributed by atoms with E-state index in [4.69, 9.17) is 34.8 Å². The van der Waals surface area contributed by atoms with Crippen molar-refractivity contribution in [3.8, 4) is 0 Å². The van der Waals surface area contributed by atoms with Gasteiger partial charge in [0.1, 0.15) is 12.6 Å². The van der Waals surface area contributed by atoms with Gasteiger partial charge in [-0.05, 0) is 62.2 Å². The number of rotatable bonds is 10. The second kappa shape index (κ2) is 13.3. The van der Waals surface area contributed by atoms with Crippen LogP contribution in [0.5, 0.6) is 0 Å². The number of carbonyl (C=O) groups excluding carboxylic acids is 2. The standard InChI is InChI=1S/C29H32Cl3N3O4S/c1-29(2,3)33-28(37)26(16-20-9-6-5-7-10-20)34(18-21-11-8-12-22(30)15-21)27(36)19-35(40(4,38)39)23-13-14-24(31)25(32)17-23/h5-15,17,26H,16,18-19H2,1-4H3,(H,33,37). The molecule has 1 atom stereocenters. The van der Waals surface area contributed by atoms with Crippen LogP contribution in [0.1, 0.15) is 31.9 Å². The van der Waals surface area contributed by atoms with E-state index in [0.717, 1.165) is 16.1 Å². The lowest BCUT2D eigenvalue weighted by Gasteiger charge is -2.35. The Labute approximate surface area is 251 Å². The summed E-state index contributed by atoms with van der Waals surface area (Å²) in [7, 11) is -3.93. The molecule has 0 aromatic heterocycles. The molecule has 0 bridgehead atoms. The smallest absolute Gasteiger partial charge is 0.244 e. The van der Waals surface area contributed by atoms with Gasteiger partial charge in [0.2, 0.25) is 21.8 Å². The summed E-state index contributed by atoms with van der Waals surface area (Å²) in [5, 5.41) is 3.83. The van der Waals surface area contributed by atoms with Crippen LogP contribution in [0.25, 0.3) is 0 Å². The Kier molecular flexibility index (Phi) is 10.5. The van der Waals surface area contributed by atoms with Gasteiger partial charge in [-0.1, -0.05) is 77.3 Å². The number of benzene rings is 3. The van der Waals surface area contributed by atoms with E-state index in [1.807, 2.05) is 51.1 Å². The maximum atomic E-state index is 14.1. The lowest BCUT2D eigenvalue weighted by molar-refractivity contribution is -0.140. The molecule has 0 heterocycles. The molecule has 0 saturated carbocycles. The Balaban J connectivity index is 2.09. The van der Waals surface area contributed by atoms with E-state index in [0.29, 0.717) is 10.6 Å². The summed E-state index contributed by atoms with van der Waals surface area (Å²) in [6, 6.07) is 19.6. The molecule has 0 aliphatic heterocycles. The highest BCUT2D eigenvalue weighted by atomic mass is 35.5. The van der Waals surface area contributed by atoms with Crippen molar-refractivity contribution in [2.45, 2.75) is 45.3 Å². The Bertz CT molecular complexity index is 1460. The van der Waals surface area contributed by atoms with E-state index in [1.54, 1.807) is 24.3 Å². The third kappa shape index (κ3) is 9.13. The van der Waals surface area contributed by atoms with Crippen molar-refractivity contribution in [3.63, 3.8) is 0 Å². The minimum atomic E-state index is -3.93. The molecular formula is C29H32Cl3N3O4S. The molecule has 40 heavy (non-hydrogen) atoms. The first-order chi connectivity index (χ1) is 18.6. The topological polar surface area (TPSA) is 86.8 Å². The third-order valence-corrected chi connectivity index (χ3v) is 8.00. The van der Waals surface area contributed by atoms with E-state index in [9.17, 15) is 18.0 Å². The molecule has 214 valence electrons. The highest BCUT2D eigenvalue weighted by molar-refractivity contribution is 7.92. The summed E-state index contributed by atoms with van der Waals surface area (Å²) >= 11 is 18.4. The molecular weight excluding hydrogens is 593 g/mol. The molecule has 0 aliphatic rings. The molecule has 0 spiro atoms. The van der Waals surface area contributed by atoms with Gasteiger partial charge in [0, 0.05) is 23.5 Å². The number of halogens is 3. The average molecular weight is 625 g/mol. The van der Waals surface area contributed by atoms with Crippen LogP contribution in [0, 0.1) is 0 Å². The number of sulfonamides is 1. The van der Waals surface area contributed by atoms with Crippen molar-refractivity contribution >= 4 is 62.3 Å². The summed E-state index contributed by atoms with van der Waals surface area (Å²) in [5.41, 5.74) is 1.12. The molecule has 0 fully saturated rings. The maximum absolute atomic E-state index is 14.1. The van der Waals surface area contributed by atoms with Gasteiger partial charge < -0.3 is 10.2 Å². The molecule has 1 N–H and O–H groups in total. The zero-order chi connectivity index (χ0) is 29.7. The summed E-state index contributed by atoms with van der Waals surface area (Å²) in [6.45, 7) is 5.01. The molecule has 2 amide bonds. The fourth-order valence-electron chi connectivity index (χ4n) is 4.09. The summed E-state index contributed by atoms with van der Waals surface area (Å²) in [6.07, 6.45) is 1.21. The SMILES string of the molecule is CC(C)(C)NC(=O)C(Cc1ccccc1)N(Cc1cccc(Cl)c1)C(=O)CN(c1ccc(Cl)c(Cl)c1)S(C)(=O)=O. The van der Waals surface area contributed by atoms with Gasteiger partial charge in [0.25, 0.3) is 0 Å². The number of hydrogen-bond donors (Lipinski definition) is 1. The lowest BCUT2D eigenvalue weighted by Crippen LogP contribution is -2.56. The minimum Gasteiger partial charge on any atom is -0.350 e. The highest BCUT2D eigenvalue weighted by Gasteiger charge is 2.34. The van der Waals surface area contributed by atoms with E-state index >= 15 is 0 Å². The Morgan fingerprint density at radius 1 is 0.875 bits per heavy atom. The molecule has 3 rings (SSSR count). The molecule has 7 nitrogen and oxygen atoms in total. The first kappa shape index (κ1) is 31.7. The highest BCUT2D eigenvalue weighted by Crippen LogP contribution is 2.29. The van der Waals surface area contributed by atoms with E-state index in [-0.39, 0.29) is 34.6 Å². The van der Waals surface area contributed by atoms with Crippen LogP contribution in [0.4, 0.5) is 5.69 Å². The number of carbonyl (C=O) groups is 2. The van der Waals surface area contributed by atoms with Crippen LogP contribution in [-0.4, -0.2) is 49.5 Å². The van der Waals surface area contributed by atoms with E-state index in [2.05, 4.69) is 5.32 Å². The minimum absolute atomic E-state index is 0.0213. The van der Waals surface area contributed by atoms with Crippen LogP contribution in [-0.2, 0) is 32.6 Å². The summed E-state index contributed by atoms with van der Waals surface area (Å²) in [4.78, 5) is 29.2. The van der Waals surface area contributed by atoms with Crippen LogP contribution < -0.4 is 9.62 Å². The van der Waals surface area contributed by atoms with Crippen LogP contribution in [0.2, 0.25) is 15.1 Å². The fourth-order valence-corrected chi connectivity index (χ4v) is 5.44. The predicted octanol–water partition coefficient (Wildman–Crippen LogP) is 5.97. The number of amides is 2. The Morgan fingerprint density at radius 2 is 1.52 bits per heavy atom. The van der Waals surface area contributed by atoms with Gasteiger partial charge in [-0.3, -0.25) is 13.9 Å². The van der Waals surface area contributed by atoms with Crippen LogP contribution >= 0.6 is 34.8 Å². The predicted molar refractivity (Wildman–Crippen MR) is 162 cm³/mol. The van der Waals surface area contributed by atoms with Crippen molar-refractivity contribution in [3.05, 3.63) is 99.0 Å². The van der Waals surface area contributed by atoms with Gasteiger partial charge in [0.15, 0.2) is 0 Å². The second-order valence-corrected chi connectivity index (χ2v) is 13.6. The first-order valence-corrected chi connectivity index (χ1v) is 15.4.